The lowest BCUT2D eigenvalue weighted by Crippen LogP contribution is -2.38. The van der Waals surface area contributed by atoms with Crippen LogP contribution in [0.5, 0.6) is 0 Å². The molecule has 0 saturated heterocycles. The molecule has 0 unspecified atom stereocenters. The Morgan fingerprint density at radius 1 is 1.26 bits per heavy atom. The van der Waals surface area contributed by atoms with Crippen molar-refractivity contribution >= 4 is 5.82 Å². The molecule has 1 aliphatic carbocycles. The fourth-order valence-electron chi connectivity index (χ4n) is 2.71. The van der Waals surface area contributed by atoms with Crippen molar-refractivity contribution in [2.24, 2.45) is 5.41 Å². The Hall–Kier alpha value is -1.16. The van der Waals surface area contributed by atoms with E-state index in [1.807, 2.05) is 12.3 Å². The van der Waals surface area contributed by atoms with Gasteiger partial charge in [0.25, 0.3) is 0 Å². The van der Waals surface area contributed by atoms with Gasteiger partial charge in [0.1, 0.15) is 11.4 Å². The molecule has 1 aromatic rings. The van der Waals surface area contributed by atoms with E-state index in [4.69, 9.17) is 4.74 Å². The molecule has 1 fully saturated rings. The Balaban J connectivity index is 2.24. The Kier molecular flexibility index (Phi) is 4.09. The first-order valence-corrected chi connectivity index (χ1v) is 7.14. The molecule has 0 bridgehead atoms. The quantitative estimate of drug-likeness (QED) is 0.905. The second kappa shape index (κ2) is 5.45. The zero-order valence-corrected chi connectivity index (χ0v) is 12.5. The number of nitrogens with one attached hydrogen (secondary N) is 1. The van der Waals surface area contributed by atoms with E-state index in [-0.39, 0.29) is 5.60 Å². The third kappa shape index (κ3) is 3.06. The number of nitrogens with zero attached hydrogens (tertiary/aromatic N) is 2. The van der Waals surface area contributed by atoms with Crippen LogP contribution in [0.4, 0.5) is 5.82 Å². The van der Waals surface area contributed by atoms with Gasteiger partial charge < -0.3 is 10.1 Å². The molecular weight excluding hydrogens is 238 g/mol. The number of rotatable bonds is 4. The van der Waals surface area contributed by atoms with Crippen LogP contribution in [0.2, 0.25) is 0 Å². The van der Waals surface area contributed by atoms with Crippen LogP contribution in [0, 0.1) is 5.41 Å². The molecule has 2 rings (SSSR count). The van der Waals surface area contributed by atoms with Gasteiger partial charge in [0.15, 0.2) is 5.82 Å². The van der Waals surface area contributed by atoms with E-state index in [0.29, 0.717) is 5.41 Å². The van der Waals surface area contributed by atoms with Crippen molar-refractivity contribution in [1.82, 2.24) is 9.97 Å². The minimum atomic E-state index is -0.305. The molecule has 0 aliphatic heterocycles. The van der Waals surface area contributed by atoms with Gasteiger partial charge in [0.2, 0.25) is 0 Å². The molecule has 0 amide bonds. The summed E-state index contributed by atoms with van der Waals surface area (Å²) in [5.74, 6) is 1.71. The highest BCUT2D eigenvalue weighted by Crippen LogP contribution is 2.46. The lowest BCUT2D eigenvalue weighted by Gasteiger charge is -2.41. The van der Waals surface area contributed by atoms with Gasteiger partial charge in [-0.05, 0) is 44.1 Å². The van der Waals surface area contributed by atoms with Gasteiger partial charge in [0, 0.05) is 19.9 Å². The lowest BCUT2D eigenvalue weighted by molar-refractivity contribution is -0.0728. The summed E-state index contributed by atoms with van der Waals surface area (Å²) in [4.78, 5) is 9.09. The van der Waals surface area contributed by atoms with Gasteiger partial charge in [0.05, 0.1) is 0 Å². The Morgan fingerprint density at radius 2 is 1.95 bits per heavy atom. The van der Waals surface area contributed by atoms with Gasteiger partial charge in [-0.1, -0.05) is 13.8 Å². The van der Waals surface area contributed by atoms with Crippen molar-refractivity contribution in [2.75, 3.05) is 19.0 Å². The maximum absolute atomic E-state index is 5.84. The number of hydrogen-bond acceptors (Lipinski definition) is 4. The number of ether oxygens (including phenoxy) is 1. The second-order valence-corrected chi connectivity index (χ2v) is 6.16. The highest BCUT2D eigenvalue weighted by Gasteiger charge is 2.42. The number of hydrogen-bond donors (Lipinski definition) is 1. The third-order valence-corrected chi connectivity index (χ3v) is 4.22. The molecule has 1 heterocycles. The highest BCUT2D eigenvalue weighted by molar-refractivity contribution is 5.33. The van der Waals surface area contributed by atoms with Crippen molar-refractivity contribution in [3.63, 3.8) is 0 Å². The first-order valence-electron chi connectivity index (χ1n) is 7.14. The number of anilines is 1. The van der Waals surface area contributed by atoms with Gasteiger partial charge in [-0.15, -0.1) is 0 Å². The summed E-state index contributed by atoms with van der Waals surface area (Å²) in [6, 6.07) is 1.91. The van der Waals surface area contributed by atoms with Crippen molar-refractivity contribution in [3.05, 3.63) is 18.1 Å². The normalized spacial score (nSPS) is 21.1. The van der Waals surface area contributed by atoms with Gasteiger partial charge in [-0.25, -0.2) is 9.97 Å². The topological polar surface area (TPSA) is 47.0 Å². The molecule has 106 valence electrons. The van der Waals surface area contributed by atoms with Crippen LogP contribution in [0.15, 0.2) is 12.3 Å². The van der Waals surface area contributed by atoms with Gasteiger partial charge in [-0.3, -0.25) is 0 Å². The lowest BCUT2D eigenvalue weighted by atomic mass is 9.70. The van der Waals surface area contributed by atoms with E-state index >= 15 is 0 Å². The summed E-state index contributed by atoms with van der Waals surface area (Å²) in [7, 11) is 1.78. The first kappa shape index (κ1) is 14.3. The van der Waals surface area contributed by atoms with Crippen molar-refractivity contribution in [3.8, 4) is 0 Å². The molecule has 1 aromatic heterocycles. The molecule has 4 heteroatoms. The Morgan fingerprint density at radius 3 is 2.53 bits per heavy atom. The predicted octanol–water partition coefficient (Wildman–Crippen LogP) is 3.35. The third-order valence-electron chi connectivity index (χ3n) is 4.22. The minimum Gasteiger partial charge on any atom is -0.370 e. The van der Waals surface area contributed by atoms with Crippen LogP contribution in [-0.4, -0.2) is 23.6 Å². The van der Waals surface area contributed by atoms with E-state index in [1.165, 1.54) is 0 Å². The SMILES string of the molecule is CCNc1ccnc(C2(OC)CCC(C)(C)CC2)n1. The van der Waals surface area contributed by atoms with Crippen LogP contribution in [0.25, 0.3) is 0 Å². The van der Waals surface area contributed by atoms with Crippen molar-refractivity contribution in [1.29, 1.82) is 0 Å². The Bertz CT molecular complexity index is 421. The summed E-state index contributed by atoms with van der Waals surface area (Å²) >= 11 is 0. The maximum Gasteiger partial charge on any atom is 0.162 e. The molecule has 0 aromatic carbocycles. The molecule has 0 atom stereocenters. The molecule has 0 spiro atoms. The molecule has 19 heavy (non-hydrogen) atoms. The average molecular weight is 263 g/mol. The molecular formula is C15H25N3O. The molecule has 0 radical (unpaired) electrons. The van der Waals surface area contributed by atoms with Crippen LogP contribution in [-0.2, 0) is 10.3 Å². The van der Waals surface area contributed by atoms with Crippen molar-refractivity contribution in [2.45, 2.75) is 52.1 Å². The molecule has 1 aliphatic rings. The smallest absolute Gasteiger partial charge is 0.162 e. The summed E-state index contributed by atoms with van der Waals surface area (Å²) < 4.78 is 5.84. The summed E-state index contributed by atoms with van der Waals surface area (Å²) in [6.07, 6.45) is 6.10. The highest BCUT2D eigenvalue weighted by atomic mass is 16.5. The zero-order chi connectivity index (χ0) is 13.9. The second-order valence-electron chi connectivity index (χ2n) is 6.16. The fraction of sp³-hybridized carbons (Fsp3) is 0.733. The summed E-state index contributed by atoms with van der Waals surface area (Å²) in [6.45, 7) is 7.57. The number of aromatic nitrogens is 2. The summed E-state index contributed by atoms with van der Waals surface area (Å²) in [5, 5.41) is 3.24. The Labute approximate surface area is 116 Å². The van der Waals surface area contributed by atoms with E-state index in [9.17, 15) is 0 Å². The standard InChI is InChI=1S/C15H25N3O/c1-5-16-12-6-11-17-13(18-12)15(19-4)9-7-14(2,3)8-10-15/h6,11H,5,7-10H2,1-4H3,(H,16,17,18). The summed E-state index contributed by atoms with van der Waals surface area (Å²) in [5.41, 5.74) is 0.0995. The zero-order valence-electron chi connectivity index (χ0n) is 12.5. The van der Waals surface area contributed by atoms with E-state index in [1.54, 1.807) is 7.11 Å². The van der Waals surface area contributed by atoms with Crippen LogP contribution < -0.4 is 5.32 Å². The average Bonchev–Trinajstić information content (AvgIpc) is 2.40. The molecule has 1 saturated carbocycles. The maximum atomic E-state index is 5.84. The minimum absolute atomic E-state index is 0.305. The van der Waals surface area contributed by atoms with Gasteiger partial charge in [-0.2, -0.15) is 0 Å². The van der Waals surface area contributed by atoms with Crippen LogP contribution in [0.1, 0.15) is 52.3 Å². The first-order chi connectivity index (χ1) is 9.01. The number of methoxy groups -OCH3 is 1. The van der Waals surface area contributed by atoms with Crippen LogP contribution in [0.3, 0.4) is 0 Å². The molecule has 4 nitrogen and oxygen atoms in total. The largest absolute Gasteiger partial charge is 0.370 e. The van der Waals surface area contributed by atoms with Crippen LogP contribution >= 0.6 is 0 Å². The monoisotopic (exact) mass is 263 g/mol. The fourth-order valence-corrected chi connectivity index (χ4v) is 2.71. The van der Waals surface area contributed by atoms with E-state index < -0.39 is 0 Å². The van der Waals surface area contributed by atoms with Gasteiger partial charge >= 0.3 is 0 Å². The van der Waals surface area contributed by atoms with E-state index in [0.717, 1.165) is 43.9 Å². The van der Waals surface area contributed by atoms with E-state index in [2.05, 4.69) is 36.1 Å². The van der Waals surface area contributed by atoms with Crippen molar-refractivity contribution < 1.29 is 4.74 Å². The molecule has 1 N–H and O–H groups in total. The predicted molar refractivity (Wildman–Crippen MR) is 77.1 cm³/mol.